The van der Waals surface area contributed by atoms with E-state index in [1.54, 1.807) is 0 Å². The molecular weight excluding hydrogens is 196 g/mol. The zero-order valence-corrected chi connectivity index (χ0v) is 9.13. The van der Waals surface area contributed by atoms with Gasteiger partial charge in [0.25, 0.3) is 0 Å². The summed E-state index contributed by atoms with van der Waals surface area (Å²) in [6, 6.07) is 7.89. The van der Waals surface area contributed by atoms with Crippen molar-refractivity contribution in [1.82, 2.24) is 0 Å². The molecule has 0 aliphatic rings. The van der Waals surface area contributed by atoms with Gasteiger partial charge in [-0.2, -0.15) is 0 Å². The van der Waals surface area contributed by atoms with Gasteiger partial charge >= 0.3 is 0 Å². The first kappa shape index (κ1) is 11.3. The first-order valence-corrected chi connectivity index (χ1v) is 5.28. The van der Waals surface area contributed by atoms with Crippen LogP contribution < -0.4 is 0 Å². The van der Waals surface area contributed by atoms with Crippen molar-refractivity contribution in [1.29, 1.82) is 0 Å². The standard InChI is InChI=1S/C12H15ClO/c1-10(7-8-14)5-6-11-3-2-4-12(13)9-11/h2-4,8-10H,5-7H2,1H3/t10-/m0/s1. The Morgan fingerprint density at radius 1 is 1.50 bits per heavy atom. The van der Waals surface area contributed by atoms with Crippen molar-refractivity contribution in [2.24, 2.45) is 5.92 Å². The van der Waals surface area contributed by atoms with Gasteiger partial charge in [-0.15, -0.1) is 0 Å². The summed E-state index contributed by atoms with van der Waals surface area (Å²) in [6.45, 7) is 2.10. The summed E-state index contributed by atoms with van der Waals surface area (Å²) >= 11 is 5.87. The Morgan fingerprint density at radius 2 is 2.29 bits per heavy atom. The second-order valence-electron chi connectivity index (χ2n) is 3.68. The van der Waals surface area contributed by atoms with E-state index >= 15 is 0 Å². The van der Waals surface area contributed by atoms with Crippen LogP contribution in [-0.4, -0.2) is 6.29 Å². The van der Waals surface area contributed by atoms with Crippen LogP contribution in [0.4, 0.5) is 0 Å². The fourth-order valence-electron chi connectivity index (χ4n) is 1.39. The summed E-state index contributed by atoms with van der Waals surface area (Å²) in [6.07, 6.45) is 3.68. The molecular formula is C12H15ClO. The Hall–Kier alpha value is -0.820. The molecule has 0 heterocycles. The number of halogens is 1. The van der Waals surface area contributed by atoms with E-state index in [0.717, 1.165) is 24.2 Å². The van der Waals surface area contributed by atoms with Gasteiger partial charge in [0.15, 0.2) is 0 Å². The van der Waals surface area contributed by atoms with E-state index in [1.165, 1.54) is 5.56 Å². The molecule has 0 saturated carbocycles. The number of hydrogen-bond acceptors (Lipinski definition) is 1. The second-order valence-corrected chi connectivity index (χ2v) is 4.11. The number of aldehydes is 1. The van der Waals surface area contributed by atoms with Gasteiger partial charge in [0.05, 0.1) is 0 Å². The Bertz CT molecular complexity index is 296. The quantitative estimate of drug-likeness (QED) is 0.680. The molecule has 1 aromatic rings. The third-order valence-electron chi connectivity index (χ3n) is 2.31. The Morgan fingerprint density at radius 3 is 2.93 bits per heavy atom. The van der Waals surface area contributed by atoms with Crippen LogP contribution >= 0.6 is 11.6 Å². The molecule has 76 valence electrons. The molecule has 0 fully saturated rings. The van der Waals surface area contributed by atoms with E-state index in [4.69, 9.17) is 11.6 Å². The average Bonchev–Trinajstić information content (AvgIpc) is 2.15. The smallest absolute Gasteiger partial charge is 0.120 e. The highest BCUT2D eigenvalue weighted by atomic mass is 35.5. The lowest BCUT2D eigenvalue weighted by molar-refractivity contribution is -0.108. The lowest BCUT2D eigenvalue weighted by Gasteiger charge is -2.07. The molecule has 1 atom stereocenters. The highest BCUT2D eigenvalue weighted by Crippen LogP contribution is 2.15. The Balaban J connectivity index is 2.41. The fraction of sp³-hybridized carbons (Fsp3) is 0.417. The van der Waals surface area contributed by atoms with Crippen LogP contribution in [0.2, 0.25) is 5.02 Å². The van der Waals surface area contributed by atoms with Gasteiger partial charge in [0.2, 0.25) is 0 Å². The van der Waals surface area contributed by atoms with E-state index in [9.17, 15) is 4.79 Å². The molecule has 1 rings (SSSR count). The molecule has 0 aliphatic heterocycles. The largest absolute Gasteiger partial charge is 0.303 e. The first-order valence-electron chi connectivity index (χ1n) is 4.90. The molecule has 1 nitrogen and oxygen atoms in total. The van der Waals surface area contributed by atoms with E-state index in [-0.39, 0.29) is 0 Å². The van der Waals surface area contributed by atoms with Crippen molar-refractivity contribution in [3.63, 3.8) is 0 Å². The van der Waals surface area contributed by atoms with Crippen LogP contribution in [0.1, 0.15) is 25.3 Å². The van der Waals surface area contributed by atoms with Crippen LogP contribution in [0.3, 0.4) is 0 Å². The van der Waals surface area contributed by atoms with Gasteiger partial charge in [0, 0.05) is 11.4 Å². The Labute approximate surface area is 90.1 Å². The van der Waals surface area contributed by atoms with Crippen molar-refractivity contribution < 1.29 is 4.79 Å². The zero-order chi connectivity index (χ0) is 10.4. The van der Waals surface area contributed by atoms with Crippen LogP contribution in [-0.2, 0) is 11.2 Å². The minimum Gasteiger partial charge on any atom is -0.303 e. The van der Waals surface area contributed by atoms with Crippen LogP contribution in [0.25, 0.3) is 0 Å². The maximum absolute atomic E-state index is 10.3. The number of benzene rings is 1. The number of hydrogen-bond donors (Lipinski definition) is 0. The summed E-state index contributed by atoms with van der Waals surface area (Å²) in [5, 5.41) is 0.783. The molecule has 14 heavy (non-hydrogen) atoms. The fourth-order valence-corrected chi connectivity index (χ4v) is 1.60. The van der Waals surface area contributed by atoms with Crippen LogP contribution in [0, 0.1) is 5.92 Å². The van der Waals surface area contributed by atoms with Crippen LogP contribution in [0.5, 0.6) is 0 Å². The summed E-state index contributed by atoms with van der Waals surface area (Å²) in [5.41, 5.74) is 1.25. The van der Waals surface area contributed by atoms with Gasteiger partial charge in [0.1, 0.15) is 6.29 Å². The van der Waals surface area contributed by atoms with Gasteiger partial charge in [-0.3, -0.25) is 0 Å². The SMILES string of the molecule is C[C@H](CC=O)CCc1cccc(Cl)c1. The maximum atomic E-state index is 10.3. The first-order chi connectivity index (χ1) is 6.72. The highest BCUT2D eigenvalue weighted by Gasteiger charge is 2.01. The molecule has 0 radical (unpaired) electrons. The average molecular weight is 211 g/mol. The predicted octanol–water partition coefficient (Wildman–Crippen LogP) is 3.50. The number of carbonyl (C=O) groups excluding carboxylic acids is 1. The second kappa shape index (κ2) is 5.82. The highest BCUT2D eigenvalue weighted by molar-refractivity contribution is 6.30. The van der Waals surface area contributed by atoms with Gasteiger partial charge in [-0.25, -0.2) is 0 Å². The zero-order valence-electron chi connectivity index (χ0n) is 8.37. The normalized spacial score (nSPS) is 12.4. The lowest BCUT2D eigenvalue weighted by atomic mass is 9.99. The molecule has 0 spiro atoms. The van der Waals surface area contributed by atoms with E-state index in [1.807, 2.05) is 18.2 Å². The lowest BCUT2D eigenvalue weighted by Crippen LogP contribution is -1.97. The minimum absolute atomic E-state index is 0.464. The molecule has 0 unspecified atom stereocenters. The van der Waals surface area contributed by atoms with E-state index < -0.39 is 0 Å². The van der Waals surface area contributed by atoms with E-state index in [0.29, 0.717) is 12.3 Å². The summed E-state index contributed by atoms with van der Waals surface area (Å²) in [4.78, 5) is 10.3. The van der Waals surface area contributed by atoms with Crippen molar-refractivity contribution in [2.45, 2.75) is 26.2 Å². The molecule has 0 amide bonds. The molecule has 0 bridgehead atoms. The molecule has 0 N–H and O–H groups in total. The van der Waals surface area contributed by atoms with Gasteiger partial charge in [-0.05, 0) is 36.5 Å². The molecule has 1 aromatic carbocycles. The predicted molar refractivity (Wildman–Crippen MR) is 59.6 cm³/mol. The molecule has 0 saturated heterocycles. The van der Waals surface area contributed by atoms with E-state index in [2.05, 4.69) is 13.0 Å². The van der Waals surface area contributed by atoms with Gasteiger partial charge in [-0.1, -0.05) is 30.7 Å². The topological polar surface area (TPSA) is 17.1 Å². The maximum Gasteiger partial charge on any atom is 0.120 e. The van der Waals surface area contributed by atoms with Crippen molar-refractivity contribution in [3.05, 3.63) is 34.9 Å². The third kappa shape index (κ3) is 3.93. The monoisotopic (exact) mass is 210 g/mol. The third-order valence-corrected chi connectivity index (χ3v) is 2.55. The van der Waals surface area contributed by atoms with Crippen LogP contribution in [0.15, 0.2) is 24.3 Å². The summed E-state index contributed by atoms with van der Waals surface area (Å²) < 4.78 is 0. The molecule has 2 heteroatoms. The molecule has 0 aliphatic carbocycles. The minimum atomic E-state index is 0.464. The number of carbonyl (C=O) groups is 1. The number of aryl methyl sites for hydroxylation is 1. The summed E-state index contributed by atoms with van der Waals surface area (Å²) in [7, 11) is 0. The molecule has 0 aromatic heterocycles. The van der Waals surface area contributed by atoms with Crippen molar-refractivity contribution in [3.8, 4) is 0 Å². The van der Waals surface area contributed by atoms with Gasteiger partial charge < -0.3 is 4.79 Å². The Kier molecular flexibility index (Phi) is 4.68. The number of rotatable bonds is 5. The summed E-state index contributed by atoms with van der Waals surface area (Å²) in [5.74, 6) is 0.464. The van der Waals surface area contributed by atoms with Crippen molar-refractivity contribution >= 4 is 17.9 Å². The van der Waals surface area contributed by atoms with Crippen molar-refractivity contribution in [2.75, 3.05) is 0 Å².